The molecule has 126 valence electrons. The quantitative estimate of drug-likeness (QED) is 0.676. The highest BCUT2D eigenvalue weighted by atomic mass is 16.3. The van der Waals surface area contributed by atoms with E-state index in [1.807, 2.05) is 0 Å². The fourth-order valence-corrected chi connectivity index (χ4v) is 6.98. The van der Waals surface area contributed by atoms with E-state index < -0.39 is 11.0 Å². The molecule has 4 fully saturated rings. The van der Waals surface area contributed by atoms with Gasteiger partial charge < -0.3 is 10.2 Å². The standard InChI is InChI=1S/C20H28O3/c1-3-19-10-6-13(21)12-20(19,23)11-7-14-15-4-5-17(22)18(15,2)9-8-16(14)19/h1,14-17,22-23H,4-12H2,2H3/t14-,15-,16-,17-,18-,19+,20+/m0/s1. The predicted molar refractivity (Wildman–Crippen MR) is 87.4 cm³/mol. The van der Waals surface area contributed by atoms with Crippen LogP contribution < -0.4 is 0 Å². The van der Waals surface area contributed by atoms with E-state index in [1.165, 1.54) is 0 Å². The van der Waals surface area contributed by atoms with Crippen LogP contribution in [0.15, 0.2) is 0 Å². The lowest BCUT2D eigenvalue weighted by Gasteiger charge is -2.62. The smallest absolute Gasteiger partial charge is 0.135 e. The van der Waals surface area contributed by atoms with Gasteiger partial charge in [-0.05, 0) is 68.1 Å². The molecule has 0 amide bonds. The highest BCUT2D eigenvalue weighted by Gasteiger charge is 2.65. The van der Waals surface area contributed by atoms with Crippen molar-refractivity contribution in [1.82, 2.24) is 0 Å². The molecule has 2 N–H and O–H groups in total. The van der Waals surface area contributed by atoms with Gasteiger partial charge in [-0.3, -0.25) is 4.79 Å². The van der Waals surface area contributed by atoms with E-state index in [9.17, 15) is 15.0 Å². The van der Waals surface area contributed by atoms with Gasteiger partial charge in [0.05, 0.1) is 17.1 Å². The summed E-state index contributed by atoms with van der Waals surface area (Å²) >= 11 is 0. The molecule has 3 nitrogen and oxygen atoms in total. The average Bonchev–Trinajstić information content (AvgIpc) is 2.82. The molecule has 0 aromatic carbocycles. The third-order valence-corrected chi connectivity index (χ3v) is 8.29. The summed E-state index contributed by atoms with van der Waals surface area (Å²) in [6.45, 7) is 2.25. The summed E-state index contributed by atoms with van der Waals surface area (Å²) in [6.07, 6.45) is 12.8. The highest BCUT2D eigenvalue weighted by molar-refractivity contribution is 5.81. The molecule has 0 radical (unpaired) electrons. The molecule has 3 heteroatoms. The molecule has 0 aromatic rings. The first-order valence-corrected chi connectivity index (χ1v) is 9.26. The fourth-order valence-electron chi connectivity index (χ4n) is 6.98. The molecular weight excluding hydrogens is 288 g/mol. The zero-order chi connectivity index (χ0) is 16.5. The van der Waals surface area contributed by atoms with Crippen molar-refractivity contribution in [3.05, 3.63) is 0 Å². The third-order valence-electron chi connectivity index (χ3n) is 8.29. The number of carbonyl (C=O) groups is 1. The number of terminal acetylenes is 1. The molecule has 4 saturated carbocycles. The molecule has 0 unspecified atom stereocenters. The number of carbonyl (C=O) groups excluding carboxylic acids is 1. The molecule has 0 saturated heterocycles. The minimum atomic E-state index is -0.997. The monoisotopic (exact) mass is 316 g/mol. The molecule has 0 bridgehead atoms. The number of Topliss-reactive ketones (excluding diaryl/α,β-unsaturated/α-hetero) is 1. The normalized spacial score (nSPS) is 55.5. The van der Waals surface area contributed by atoms with Crippen molar-refractivity contribution in [2.75, 3.05) is 0 Å². The topological polar surface area (TPSA) is 57.5 Å². The van der Waals surface area contributed by atoms with Gasteiger partial charge in [-0.2, -0.15) is 0 Å². The van der Waals surface area contributed by atoms with Crippen molar-refractivity contribution in [3.8, 4) is 12.3 Å². The maximum Gasteiger partial charge on any atom is 0.135 e. The van der Waals surface area contributed by atoms with Crippen molar-refractivity contribution in [2.24, 2.45) is 28.6 Å². The van der Waals surface area contributed by atoms with Crippen molar-refractivity contribution in [2.45, 2.75) is 76.4 Å². The first-order chi connectivity index (χ1) is 10.9. The van der Waals surface area contributed by atoms with Crippen molar-refractivity contribution >= 4 is 5.78 Å². The maximum atomic E-state index is 12.0. The van der Waals surface area contributed by atoms with Crippen LogP contribution >= 0.6 is 0 Å². The Bertz CT molecular complexity index is 578. The summed E-state index contributed by atoms with van der Waals surface area (Å²) < 4.78 is 0. The Morgan fingerprint density at radius 3 is 2.65 bits per heavy atom. The molecule has 4 aliphatic rings. The Kier molecular flexibility index (Phi) is 3.29. The number of hydrogen-bond donors (Lipinski definition) is 2. The van der Waals surface area contributed by atoms with Gasteiger partial charge in [0.15, 0.2) is 0 Å². The second-order valence-electron chi connectivity index (χ2n) is 8.92. The van der Waals surface area contributed by atoms with E-state index >= 15 is 0 Å². The number of rotatable bonds is 0. The van der Waals surface area contributed by atoms with E-state index in [-0.39, 0.29) is 23.7 Å². The number of aliphatic hydroxyl groups excluding tert-OH is 1. The van der Waals surface area contributed by atoms with Crippen LogP contribution in [0.2, 0.25) is 0 Å². The van der Waals surface area contributed by atoms with Gasteiger partial charge in [-0.1, -0.05) is 12.8 Å². The van der Waals surface area contributed by atoms with E-state index in [0.29, 0.717) is 37.0 Å². The van der Waals surface area contributed by atoms with Crippen molar-refractivity contribution in [3.63, 3.8) is 0 Å². The van der Waals surface area contributed by atoms with Gasteiger partial charge in [-0.25, -0.2) is 0 Å². The second kappa shape index (κ2) is 4.83. The number of fused-ring (bicyclic) bond motifs is 5. The highest BCUT2D eigenvalue weighted by Crippen LogP contribution is 2.66. The van der Waals surface area contributed by atoms with Gasteiger partial charge in [-0.15, -0.1) is 6.42 Å². The number of aliphatic hydroxyl groups is 2. The van der Waals surface area contributed by atoms with E-state index in [2.05, 4.69) is 12.8 Å². The molecule has 4 rings (SSSR count). The summed E-state index contributed by atoms with van der Waals surface area (Å²) in [5, 5.41) is 21.8. The third kappa shape index (κ3) is 1.83. The van der Waals surface area contributed by atoms with Crippen LogP contribution in [-0.4, -0.2) is 27.7 Å². The predicted octanol–water partition coefficient (Wildman–Crippen LogP) is 2.69. The largest absolute Gasteiger partial charge is 0.393 e. The lowest BCUT2D eigenvalue weighted by molar-refractivity contribution is -0.189. The summed E-state index contributed by atoms with van der Waals surface area (Å²) in [5.41, 5.74) is -1.50. The minimum Gasteiger partial charge on any atom is -0.393 e. The van der Waals surface area contributed by atoms with Crippen LogP contribution in [0.4, 0.5) is 0 Å². The molecule has 0 spiro atoms. The van der Waals surface area contributed by atoms with Crippen LogP contribution in [0.3, 0.4) is 0 Å². The van der Waals surface area contributed by atoms with Crippen molar-refractivity contribution in [1.29, 1.82) is 0 Å². The Hall–Kier alpha value is -0.850. The molecule has 23 heavy (non-hydrogen) atoms. The Morgan fingerprint density at radius 2 is 1.91 bits per heavy atom. The van der Waals surface area contributed by atoms with E-state index in [0.717, 1.165) is 32.1 Å². The maximum absolute atomic E-state index is 12.0. The summed E-state index contributed by atoms with van der Waals surface area (Å²) in [4.78, 5) is 12.0. The van der Waals surface area contributed by atoms with Crippen LogP contribution in [-0.2, 0) is 4.79 Å². The Labute approximate surface area is 138 Å². The summed E-state index contributed by atoms with van der Waals surface area (Å²) in [5.74, 6) is 4.50. The zero-order valence-corrected chi connectivity index (χ0v) is 14.1. The molecule has 0 heterocycles. The van der Waals surface area contributed by atoms with Gasteiger partial charge in [0.25, 0.3) is 0 Å². The van der Waals surface area contributed by atoms with Gasteiger partial charge in [0, 0.05) is 12.8 Å². The molecule has 7 atom stereocenters. The van der Waals surface area contributed by atoms with Crippen LogP contribution in [0, 0.1) is 40.9 Å². The molecule has 4 aliphatic carbocycles. The number of ketones is 1. The van der Waals surface area contributed by atoms with E-state index in [4.69, 9.17) is 6.42 Å². The second-order valence-corrected chi connectivity index (χ2v) is 8.92. The lowest BCUT2D eigenvalue weighted by Crippen LogP contribution is -2.63. The molecular formula is C20H28O3. The SMILES string of the molecule is C#C[C@]12CCC(=O)C[C@]1(O)CC[C@H]1[C@@H]3CC[C@H](O)[C@@]3(C)CC[C@@H]12. The Morgan fingerprint density at radius 1 is 1.13 bits per heavy atom. The van der Waals surface area contributed by atoms with Crippen LogP contribution in [0.5, 0.6) is 0 Å². The van der Waals surface area contributed by atoms with Gasteiger partial charge in [0.2, 0.25) is 0 Å². The lowest BCUT2D eigenvalue weighted by atomic mass is 9.43. The minimum absolute atomic E-state index is 0.0247. The van der Waals surface area contributed by atoms with Crippen molar-refractivity contribution < 1.29 is 15.0 Å². The summed E-state index contributed by atoms with van der Waals surface area (Å²) in [7, 11) is 0. The summed E-state index contributed by atoms with van der Waals surface area (Å²) in [6, 6.07) is 0. The Balaban J connectivity index is 1.73. The van der Waals surface area contributed by atoms with Gasteiger partial charge >= 0.3 is 0 Å². The van der Waals surface area contributed by atoms with Crippen LogP contribution in [0.1, 0.15) is 64.7 Å². The average molecular weight is 316 g/mol. The van der Waals surface area contributed by atoms with E-state index in [1.54, 1.807) is 0 Å². The van der Waals surface area contributed by atoms with Gasteiger partial charge in [0.1, 0.15) is 5.78 Å². The fraction of sp³-hybridized carbons (Fsp3) is 0.850. The molecule has 0 aliphatic heterocycles. The van der Waals surface area contributed by atoms with Crippen LogP contribution in [0.25, 0.3) is 0 Å². The molecule has 0 aromatic heterocycles. The zero-order valence-electron chi connectivity index (χ0n) is 14.1. The number of hydrogen-bond acceptors (Lipinski definition) is 3. The first kappa shape index (κ1) is 15.7. The first-order valence-electron chi connectivity index (χ1n) is 9.26.